The fraction of sp³-hybridized carbons (Fsp3) is 0.902. The number of aliphatic hydroxyl groups excluding tert-OH is 11. The summed E-state index contributed by atoms with van der Waals surface area (Å²) in [6, 6.07) is -3.04. The molecule has 14 N–H and O–H groups in total. The molecule has 0 aromatic carbocycles. The number of unbranched alkanes of at least 4 members (excludes halogenated alkanes) is 5. The van der Waals surface area contributed by atoms with Crippen molar-refractivity contribution in [1.29, 1.82) is 0 Å². The van der Waals surface area contributed by atoms with Gasteiger partial charge in [-0.1, -0.05) is 25.7 Å². The molecule has 4 rings (SSSR count). The first-order valence-electron chi connectivity index (χ1n) is 22.5. The second-order valence-corrected chi connectivity index (χ2v) is 17.3. The van der Waals surface area contributed by atoms with E-state index in [0.717, 1.165) is 33.1 Å². The number of esters is 1. The first kappa shape index (κ1) is 57.7. The number of carboxylic acids is 1. The van der Waals surface area contributed by atoms with Gasteiger partial charge in [0, 0.05) is 33.3 Å². The van der Waals surface area contributed by atoms with Crippen molar-refractivity contribution in [3.63, 3.8) is 0 Å². The van der Waals surface area contributed by atoms with Gasteiger partial charge in [0.1, 0.15) is 85.4 Å². The molecule has 2 amide bonds. The van der Waals surface area contributed by atoms with E-state index in [1.165, 1.54) is 14.0 Å². The Morgan fingerprint density at radius 1 is 0.691 bits per heavy atom. The molecule has 0 aromatic rings. The lowest BCUT2D eigenvalue weighted by Crippen LogP contribution is -2.71. The number of carboxylic acid groups (broad SMARTS) is 1. The summed E-state index contributed by atoms with van der Waals surface area (Å²) in [7, 11) is 1.32. The number of aliphatic carboxylic acids is 1. The number of aliphatic hydroxyl groups is 11. The topological polar surface area (TPSA) is 418 Å². The van der Waals surface area contributed by atoms with Crippen molar-refractivity contribution in [2.45, 2.75) is 200 Å². The molecule has 4 saturated heterocycles. The molecule has 21 atom stereocenters. The molecule has 4 heterocycles. The van der Waals surface area contributed by atoms with Crippen molar-refractivity contribution < 1.29 is 123 Å². The number of amides is 2. The van der Waals surface area contributed by atoms with Crippen molar-refractivity contribution in [3.05, 3.63) is 0 Å². The maximum absolute atomic E-state index is 13.0. The summed E-state index contributed by atoms with van der Waals surface area (Å²) >= 11 is 0. The average Bonchev–Trinajstić information content (AvgIpc) is 3.30. The summed E-state index contributed by atoms with van der Waals surface area (Å²) in [5.41, 5.74) is 0. The smallest absolute Gasteiger partial charge is 0.364 e. The van der Waals surface area contributed by atoms with E-state index in [1.54, 1.807) is 0 Å². The van der Waals surface area contributed by atoms with Gasteiger partial charge in [0.2, 0.25) is 11.8 Å². The zero-order chi connectivity index (χ0) is 50.6. The van der Waals surface area contributed by atoms with Crippen molar-refractivity contribution in [3.8, 4) is 0 Å². The van der Waals surface area contributed by atoms with Gasteiger partial charge in [0.25, 0.3) is 5.79 Å². The second kappa shape index (κ2) is 26.5. The van der Waals surface area contributed by atoms with Gasteiger partial charge in [0.15, 0.2) is 18.9 Å². The lowest BCUT2D eigenvalue weighted by molar-refractivity contribution is -0.391. The highest BCUT2D eigenvalue weighted by molar-refractivity contribution is 5.77. The highest BCUT2D eigenvalue weighted by Gasteiger charge is 2.61. The van der Waals surface area contributed by atoms with Gasteiger partial charge >= 0.3 is 11.9 Å². The third-order valence-electron chi connectivity index (χ3n) is 12.2. The summed E-state index contributed by atoms with van der Waals surface area (Å²) in [5.74, 6) is -6.90. The number of methoxy groups -OCH3 is 1. The van der Waals surface area contributed by atoms with Crippen LogP contribution in [0.2, 0.25) is 0 Å². The Morgan fingerprint density at radius 3 is 1.85 bits per heavy atom. The summed E-state index contributed by atoms with van der Waals surface area (Å²) in [4.78, 5) is 49.3. The van der Waals surface area contributed by atoms with Crippen LogP contribution in [0, 0.1) is 0 Å². The monoisotopic (exact) mass is 990 g/mol. The van der Waals surface area contributed by atoms with Crippen LogP contribution in [0.4, 0.5) is 0 Å². The molecule has 0 aliphatic carbocycles. The quantitative estimate of drug-likeness (QED) is 0.0316. The standard InChI is InChI=1S/C41H70N2O25/c1-17-27(52)30(55)31(56)38(62-17)66-35-26(43-19(3)48)37(61-12-10-8-6-5-7-9-11-24(51)60-4)64-23(16-46)33(35)65-39-32(57)36(29(54)22(15-45)63-39)68-41(40(58)59)13-20(49)25(42-18(2)47)34(67-41)28(53)21(50)14-44/h17,20-23,25-39,44-46,49-50,52-57H,5-16H2,1-4H3,(H,42,47)(H,43,48)(H,58,59). The second-order valence-electron chi connectivity index (χ2n) is 17.3. The van der Waals surface area contributed by atoms with Crippen LogP contribution >= 0.6 is 0 Å². The molecule has 0 aromatic heterocycles. The molecule has 68 heavy (non-hydrogen) atoms. The summed E-state index contributed by atoms with van der Waals surface area (Å²) in [6.07, 6.45) is -29.9. The summed E-state index contributed by atoms with van der Waals surface area (Å²) in [5, 5.41) is 134. The number of rotatable bonds is 24. The molecule has 394 valence electrons. The predicted molar refractivity (Wildman–Crippen MR) is 221 cm³/mol. The Morgan fingerprint density at radius 2 is 1.26 bits per heavy atom. The molecule has 21 unspecified atom stereocenters. The lowest BCUT2D eigenvalue weighted by Gasteiger charge is -2.51. The molecule has 0 spiro atoms. The zero-order valence-electron chi connectivity index (χ0n) is 38.2. The van der Waals surface area contributed by atoms with Crippen molar-refractivity contribution >= 4 is 23.8 Å². The van der Waals surface area contributed by atoms with Crippen LogP contribution in [-0.4, -0.2) is 247 Å². The Hall–Kier alpha value is -2.88. The Bertz CT molecular complexity index is 1600. The van der Waals surface area contributed by atoms with Crippen LogP contribution in [0.15, 0.2) is 0 Å². The highest BCUT2D eigenvalue weighted by atomic mass is 16.8. The minimum absolute atomic E-state index is 0.0356. The van der Waals surface area contributed by atoms with E-state index in [4.69, 9.17) is 37.9 Å². The Balaban J connectivity index is 1.66. The number of carbonyl (C=O) groups excluding carboxylic acids is 3. The Labute approximate surface area is 391 Å². The van der Waals surface area contributed by atoms with Crippen molar-refractivity contribution in [2.24, 2.45) is 0 Å². The van der Waals surface area contributed by atoms with Crippen LogP contribution in [0.1, 0.15) is 72.1 Å². The van der Waals surface area contributed by atoms with Crippen molar-refractivity contribution in [1.82, 2.24) is 10.6 Å². The van der Waals surface area contributed by atoms with Gasteiger partial charge in [-0.05, 0) is 19.8 Å². The van der Waals surface area contributed by atoms with Gasteiger partial charge in [-0.2, -0.15) is 0 Å². The average molecular weight is 991 g/mol. The number of hydrogen-bond donors (Lipinski definition) is 14. The van der Waals surface area contributed by atoms with E-state index in [0.29, 0.717) is 25.7 Å². The third-order valence-corrected chi connectivity index (χ3v) is 12.2. The van der Waals surface area contributed by atoms with Gasteiger partial charge in [-0.25, -0.2) is 4.79 Å². The maximum atomic E-state index is 13.0. The van der Waals surface area contributed by atoms with Crippen LogP contribution in [0.25, 0.3) is 0 Å². The molecule has 4 aliphatic heterocycles. The molecule has 27 nitrogen and oxygen atoms in total. The molecule has 4 fully saturated rings. The minimum Gasteiger partial charge on any atom is -0.477 e. The van der Waals surface area contributed by atoms with Crippen LogP contribution in [-0.2, 0) is 61.8 Å². The molecule has 0 saturated carbocycles. The maximum Gasteiger partial charge on any atom is 0.364 e. The van der Waals surface area contributed by atoms with Gasteiger partial charge < -0.3 is 115 Å². The van der Waals surface area contributed by atoms with E-state index in [1.807, 2.05) is 0 Å². The summed E-state index contributed by atoms with van der Waals surface area (Å²) < 4.78 is 52.1. The first-order chi connectivity index (χ1) is 32.1. The lowest BCUT2D eigenvalue weighted by atomic mass is 9.88. The van der Waals surface area contributed by atoms with E-state index >= 15 is 0 Å². The first-order valence-corrected chi connectivity index (χ1v) is 22.5. The number of hydrogen-bond acceptors (Lipinski definition) is 24. The molecule has 0 bridgehead atoms. The van der Waals surface area contributed by atoms with Crippen LogP contribution < -0.4 is 10.6 Å². The van der Waals surface area contributed by atoms with Gasteiger partial charge in [-0.3, -0.25) is 14.4 Å². The van der Waals surface area contributed by atoms with Crippen LogP contribution in [0.5, 0.6) is 0 Å². The third kappa shape index (κ3) is 14.4. The number of ether oxygens (including phenoxy) is 9. The van der Waals surface area contributed by atoms with E-state index in [9.17, 15) is 80.5 Å². The van der Waals surface area contributed by atoms with E-state index < -0.39 is 172 Å². The van der Waals surface area contributed by atoms with Gasteiger partial charge in [0.05, 0.1) is 45.2 Å². The molecule has 0 radical (unpaired) electrons. The minimum atomic E-state index is -3.13. The SMILES string of the molecule is COC(=O)CCCCCCCCOC1OC(CO)C(OC2OC(CO)C(O)C(OC3(C(=O)O)CC(O)C(NC(C)=O)C(C(O)C(O)CO)O3)C2O)C(OC2OC(C)C(O)C(O)C2O)C1NC(C)=O. The molecular formula is C41H70N2O25. The summed E-state index contributed by atoms with van der Waals surface area (Å²) in [6.45, 7) is 0.519. The fourth-order valence-electron chi connectivity index (χ4n) is 8.50. The van der Waals surface area contributed by atoms with Crippen LogP contribution in [0.3, 0.4) is 0 Å². The molecule has 4 aliphatic rings. The van der Waals surface area contributed by atoms with E-state index in [2.05, 4.69) is 15.4 Å². The Kier molecular flexibility index (Phi) is 22.5. The number of nitrogens with one attached hydrogen (secondary N) is 2. The van der Waals surface area contributed by atoms with E-state index in [-0.39, 0.29) is 12.6 Å². The fourth-order valence-corrected chi connectivity index (χ4v) is 8.50. The largest absolute Gasteiger partial charge is 0.477 e. The highest BCUT2D eigenvalue weighted by Crippen LogP contribution is 2.39. The van der Waals surface area contributed by atoms with Crippen molar-refractivity contribution in [2.75, 3.05) is 33.5 Å². The zero-order valence-corrected chi connectivity index (χ0v) is 38.2. The number of carbonyl (C=O) groups is 4. The molecule has 27 heteroatoms. The van der Waals surface area contributed by atoms with Gasteiger partial charge in [-0.15, -0.1) is 0 Å². The molecular weight excluding hydrogens is 920 g/mol. The predicted octanol–water partition coefficient (Wildman–Crippen LogP) is -6.30. The normalized spacial score (nSPS) is 39.6.